The van der Waals surface area contributed by atoms with Crippen LogP contribution in [0.2, 0.25) is 10.0 Å². The van der Waals surface area contributed by atoms with Gasteiger partial charge in [0, 0.05) is 25.1 Å². The Hall–Kier alpha value is -2.32. The van der Waals surface area contributed by atoms with Gasteiger partial charge < -0.3 is 10.2 Å². The molecule has 0 bridgehead atoms. The third-order valence-electron chi connectivity index (χ3n) is 3.88. The lowest BCUT2D eigenvalue weighted by molar-refractivity contribution is -0.141. The SMILES string of the molecule is O=C(NCc1ccc(C(F)(F)F)nc1)C1CC=CN1c1ncc(Cl)cc1Cl. The lowest BCUT2D eigenvalue weighted by Crippen LogP contribution is -2.42. The minimum atomic E-state index is -4.50. The molecule has 1 aliphatic heterocycles. The van der Waals surface area contributed by atoms with Gasteiger partial charge in [-0.1, -0.05) is 35.3 Å². The minimum absolute atomic E-state index is 0.0517. The second-order valence-corrected chi connectivity index (χ2v) is 6.61. The normalized spacial score (nSPS) is 16.6. The minimum Gasteiger partial charge on any atom is -0.350 e. The number of rotatable bonds is 4. The first-order valence-corrected chi connectivity index (χ1v) is 8.57. The molecular formula is C17H13Cl2F3N4O. The lowest BCUT2D eigenvalue weighted by Gasteiger charge is -2.24. The second kappa shape index (κ2) is 7.74. The van der Waals surface area contributed by atoms with Crippen LogP contribution in [0.15, 0.2) is 42.9 Å². The number of carbonyl (C=O) groups excluding carboxylic acids is 1. The lowest BCUT2D eigenvalue weighted by atomic mass is 10.2. The van der Waals surface area contributed by atoms with Crippen molar-refractivity contribution in [2.75, 3.05) is 4.90 Å². The molecule has 5 nitrogen and oxygen atoms in total. The van der Waals surface area contributed by atoms with E-state index in [0.717, 1.165) is 12.3 Å². The number of nitrogens with one attached hydrogen (secondary N) is 1. The van der Waals surface area contributed by atoms with Crippen molar-refractivity contribution in [3.05, 3.63) is 64.2 Å². The Morgan fingerprint density at radius 1 is 1.26 bits per heavy atom. The number of amides is 1. The van der Waals surface area contributed by atoms with Crippen molar-refractivity contribution in [2.24, 2.45) is 0 Å². The Morgan fingerprint density at radius 3 is 2.67 bits per heavy atom. The van der Waals surface area contributed by atoms with Crippen molar-refractivity contribution >= 4 is 34.9 Å². The molecule has 1 amide bonds. The largest absolute Gasteiger partial charge is 0.433 e. The predicted molar refractivity (Wildman–Crippen MR) is 95.4 cm³/mol. The van der Waals surface area contributed by atoms with Gasteiger partial charge >= 0.3 is 6.18 Å². The zero-order chi connectivity index (χ0) is 19.6. The fraction of sp³-hybridized carbons (Fsp3) is 0.235. The van der Waals surface area contributed by atoms with Crippen LogP contribution in [0.4, 0.5) is 19.0 Å². The molecule has 0 radical (unpaired) electrons. The number of halogens is 5. The van der Waals surface area contributed by atoms with Gasteiger partial charge in [0.05, 0.1) is 10.0 Å². The first-order chi connectivity index (χ1) is 12.8. The molecular weight excluding hydrogens is 404 g/mol. The molecule has 2 aromatic rings. The second-order valence-electron chi connectivity index (χ2n) is 5.77. The zero-order valence-corrected chi connectivity index (χ0v) is 15.2. The average molecular weight is 417 g/mol. The molecule has 0 aromatic carbocycles. The fourth-order valence-corrected chi connectivity index (χ4v) is 3.05. The molecule has 1 unspecified atom stereocenters. The van der Waals surface area contributed by atoms with E-state index in [9.17, 15) is 18.0 Å². The first kappa shape index (κ1) is 19.4. The number of alkyl halides is 3. The van der Waals surface area contributed by atoms with E-state index in [1.165, 1.54) is 18.3 Å². The summed E-state index contributed by atoms with van der Waals surface area (Å²) in [5.74, 6) is 0.0823. The molecule has 0 spiro atoms. The molecule has 2 aromatic heterocycles. The van der Waals surface area contributed by atoms with Crippen LogP contribution < -0.4 is 10.2 Å². The monoisotopic (exact) mass is 416 g/mol. The number of hydrogen-bond acceptors (Lipinski definition) is 4. The van der Waals surface area contributed by atoms with Gasteiger partial charge in [0.1, 0.15) is 11.7 Å². The molecule has 0 fully saturated rings. The summed E-state index contributed by atoms with van der Waals surface area (Å²) in [5, 5.41) is 3.37. The van der Waals surface area contributed by atoms with Gasteiger partial charge in [0.2, 0.25) is 5.91 Å². The summed E-state index contributed by atoms with van der Waals surface area (Å²) in [6.07, 6.45) is 1.96. The summed E-state index contributed by atoms with van der Waals surface area (Å²) >= 11 is 12.0. The number of aromatic nitrogens is 2. The van der Waals surface area contributed by atoms with Crippen molar-refractivity contribution in [1.82, 2.24) is 15.3 Å². The smallest absolute Gasteiger partial charge is 0.350 e. The van der Waals surface area contributed by atoms with Crippen LogP contribution in [0.1, 0.15) is 17.7 Å². The predicted octanol–water partition coefficient (Wildman–Crippen LogP) is 4.21. The van der Waals surface area contributed by atoms with E-state index < -0.39 is 17.9 Å². The van der Waals surface area contributed by atoms with Gasteiger partial charge in [0.25, 0.3) is 0 Å². The summed E-state index contributed by atoms with van der Waals surface area (Å²) in [6.45, 7) is 0.0517. The third-order valence-corrected chi connectivity index (χ3v) is 4.36. The molecule has 142 valence electrons. The summed E-state index contributed by atoms with van der Waals surface area (Å²) in [5.41, 5.74) is -0.524. The van der Waals surface area contributed by atoms with E-state index in [1.54, 1.807) is 17.2 Å². The molecule has 0 saturated carbocycles. The zero-order valence-electron chi connectivity index (χ0n) is 13.7. The molecule has 1 aliphatic rings. The van der Waals surface area contributed by atoms with Crippen LogP contribution >= 0.6 is 23.2 Å². The molecule has 27 heavy (non-hydrogen) atoms. The Morgan fingerprint density at radius 2 is 2.04 bits per heavy atom. The van der Waals surface area contributed by atoms with E-state index in [4.69, 9.17) is 23.2 Å². The highest BCUT2D eigenvalue weighted by atomic mass is 35.5. The maximum Gasteiger partial charge on any atom is 0.433 e. The Bertz CT molecular complexity index is 871. The topological polar surface area (TPSA) is 58.1 Å². The van der Waals surface area contributed by atoms with E-state index in [2.05, 4.69) is 15.3 Å². The van der Waals surface area contributed by atoms with Crippen LogP contribution in [-0.4, -0.2) is 21.9 Å². The van der Waals surface area contributed by atoms with Crippen LogP contribution in [0, 0.1) is 0 Å². The molecule has 10 heteroatoms. The van der Waals surface area contributed by atoms with E-state index >= 15 is 0 Å². The molecule has 0 saturated heterocycles. The van der Waals surface area contributed by atoms with E-state index in [-0.39, 0.29) is 12.5 Å². The van der Waals surface area contributed by atoms with E-state index in [1.807, 2.05) is 0 Å². The number of pyridine rings is 2. The van der Waals surface area contributed by atoms with Crippen LogP contribution in [-0.2, 0) is 17.5 Å². The fourth-order valence-electron chi connectivity index (χ4n) is 2.57. The average Bonchev–Trinajstić information content (AvgIpc) is 3.09. The highest BCUT2D eigenvalue weighted by molar-refractivity contribution is 6.36. The van der Waals surface area contributed by atoms with Crippen LogP contribution in [0.25, 0.3) is 0 Å². The van der Waals surface area contributed by atoms with Crippen LogP contribution in [0.5, 0.6) is 0 Å². The number of carbonyl (C=O) groups is 1. The van der Waals surface area contributed by atoms with Gasteiger partial charge in [-0.2, -0.15) is 13.2 Å². The summed E-state index contributed by atoms with van der Waals surface area (Å²) in [4.78, 5) is 21.7. The van der Waals surface area contributed by atoms with Crippen molar-refractivity contribution in [3.8, 4) is 0 Å². The summed E-state index contributed by atoms with van der Waals surface area (Å²) in [6, 6.07) is 3.11. The standard InChI is InChI=1S/C17H13Cl2F3N4O/c18-11-6-12(19)15(24-9-11)26-5-1-2-13(26)16(27)25-8-10-3-4-14(23-7-10)17(20,21)22/h1,3-7,9,13H,2,8H2,(H,25,27). The maximum absolute atomic E-state index is 12.5. The van der Waals surface area contributed by atoms with Gasteiger partial charge in [-0.25, -0.2) is 4.98 Å². The summed E-state index contributed by atoms with van der Waals surface area (Å²) < 4.78 is 37.6. The van der Waals surface area contributed by atoms with Gasteiger partial charge in [-0.3, -0.25) is 9.78 Å². The Kier molecular flexibility index (Phi) is 5.57. The molecule has 3 rings (SSSR count). The van der Waals surface area contributed by atoms with Crippen molar-refractivity contribution in [3.63, 3.8) is 0 Å². The van der Waals surface area contributed by atoms with Crippen molar-refractivity contribution < 1.29 is 18.0 Å². The molecule has 1 N–H and O–H groups in total. The Labute approximate surface area is 162 Å². The number of nitrogens with zero attached hydrogens (tertiary/aromatic N) is 3. The number of anilines is 1. The number of hydrogen-bond donors (Lipinski definition) is 1. The molecule has 0 aliphatic carbocycles. The quantitative estimate of drug-likeness (QED) is 0.810. The van der Waals surface area contributed by atoms with Crippen molar-refractivity contribution in [1.29, 1.82) is 0 Å². The first-order valence-electron chi connectivity index (χ1n) is 7.81. The van der Waals surface area contributed by atoms with Gasteiger partial charge in [-0.15, -0.1) is 0 Å². The highest BCUT2D eigenvalue weighted by Gasteiger charge is 2.32. The molecule has 3 heterocycles. The summed E-state index contributed by atoms with van der Waals surface area (Å²) in [7, 11) is 0. The third kappa shape index (κ3) is 4.51. The highest BCUT2D eigenvalue weighted by Crippen LogP contribution is 2.31. The maximum atomic E-state index is 12.5. The van der Waals surface area contributed by atoms with Crippen molar-refractivity contribution in [2.45, 2.75) is 25.2 Å². The van der Waals surface area contributed by atoms with Gasteiger partial charge in [-0.05, 0) is 24.1 Å². The molecule has 1 atom stereocenters. The van der Waals surface area contributed by atoms with E-state index in [0.29, 0.717) is 27.8 Å². The van der Waals surface area contributed by atoms with Gasteiger partial charge in [0.15, 0.2) is 5.82 Å². The Balaban J connectivity index is 1.65. The van der Waals surface area contributed by atoms with Crippen LogP contribution in [0.3, 0.4) is 0 Å².